The lowest BCUT2D eigenvalue weighted by Crippen LogP contribution is -2.36. The summed E-state index contributed by atoms with van der Waals surface area (Å²) in [7, 11) is 0. The molecule has 0 aromatic rings. The van der Waals surface area contributed by atoms with Gasteiger partial charge in [-0.25, -0.2) is 0 Å². The fourth-order valence-electron chi connectivity index (χ4n) is 2.01. The predicted molar refractivity (Wildman–Crippen MR) is 61.9 cm³/mol. The van der Waals surface area contributed by atoms with Crippen molar-refractivity contribution in [2.45, 2.75) is 39.2 Å². The number of aliphatic hydroxyl groups is 1. The third-order valence-electron chi connectivity index (χ3n) is 2.93. The van der Waals surface area contributed by atoms with Crippen molar-refractivity contribution in [1.82, 2.24) is 5.32 Å². The first-order valence-electron chi connectivity index (χ1n) is 6.17. The smallest absolute Gasteiger partial charge is 0.0697 e. The first-order chi connectivity index (χ1) is 7.25. The number of nitrogens with one attached hydrogen (secondary N) is 1. The van der Waals surface area contributed by atoms with Gasteiger partial charge in [-0.05, 0) is 37.6 Å². The molecule has 0 heterocycles. The molecule has 0 saturated heterocycles. The van der Waals surface area contributed by atoms with E-state index >= 15 is 0 Å². The van der Waals surface area contributed by atoms with Gasteiger partial charge in [0, 0.05) is 12.6 Å². The van der Waals surface area contributed by atoms with Crippen molar-refractivity contribution < 1.29 is 9.84 Å². The molecule has 1 aliphatic rings. The van der Waals surface area contributed by atoms with E-state index in [1.807, 2.05) is 0 Å². The molecule has 90 valence electrons. The van der Waals surface area contributed by atoms with E-state index in [0.29, 0.717) is 12.6 Å². The summed E-state index contributed by atoms with van der Waals surface area (Å²) >= 11 is 0. The zero-order valence-corrected chi connectivity index (χ0v) is 10.0. The highest BCUT2D eigenvalue weighted by atomic mass is 16.5. The van der Waals surface area contributed by atoms with Gasteiger partial charge < -0.3 is 15.2 Å². The SMILES string of the molecule is CC(C)C(NCCCOCCO)C1CC1. The summed E-state index contributed by atoms with van der Waals surface area (Å²) in [4.78, 5) is 0. The Morgan fingerprint density at radius 3 is 2.60 bits per heavy atom. The second-order valence-corrected chi connectivity index (χ2v) is 4.75. The Morgan fingerprint density at radius 1 is 1.33 bits per heavy atom. The average molecular weight is 215 g/mol. The molecular formula is C12H25NO2. The van der Waals surface area contributed by atoms with Crippen LogP contribution in [0.4, 0.5) is 0 Å². The van der Waals surface area contributed by atoms with E-state index in [2.05, 4.69) is 19.2 Å². The average Bonchev–Trinajstić information content (AvgIpc) is 3.00. The molecule has 1 atom stereocenters. The molecule has 2 N–H and O–H groups in total. The maximum atomic E-state index is 8.52. The second kappa shape index (κ2) is 7.20. The summed E-state index contributed by atoms with van der Waals surface area (Å²) in [5.74, 6) is 1.65. The Bertz CT molecular complexity index is 156. The van der Waals surface area contributed by atoms with Gasteiger partial charge in [-0.1, -0.05) is 13.8 Å². The van der Waals surface area contributed by atoms with E-state index in [-0.39, 0.29) is 6.61 Å². The van der Waals surface area contributed by atoms with Crippen molar-refractivity contribution in [3.8, 4) is 0 Å². The third kappa shape index (κ3) is 5.50. The zero-order valence-electron chi connectivity index (χ0n) is 10.0. The molecule has 1 unspecified atom stereocenters. The van der Waals surface area contributed by atoms with Gasteiger partial charge in [0.25, 0.3) is 0 Å². The summed E-state index contributed by atoms with van der Waals surface area (Å²) < 4.78 is 5.21. The highest BCUT2D eigenvalue weighted by molar-refractivity contribution is 4.88. The van der Waals surface area contributed by atoms with E-state index in [4.69, 9.17) is 9.84 Å². The van der Waals surface area contributed by atoms with Crippen LogP contribution >= 0.6 is 0 Å². The predicted octanol–water partition coefficient (Wildman–Crippen LogP) is 1.41. The molecule has 1 aliphatic carbocycles. The van der Waals surface area contributed by atoms with Crippen LogP contribution < -0.4 is 5.32 Å². The van der Waals surface area contributed by atoms with Crippen LogP contribution in [0.25, 0.3) is 0 Å². The summed E-state index contributed by atoms with van der Waals surface area (Å²) in [6.45, 7) is 6.96. The fraction of sp³-hybridized carbons (Fsp3) is 1.00. The van der Waals surface area contributed by atoms with E-state index in [1.54, 1.807) is 0 Å². The lowest BCUT2D eigenvalue weighted by Gasteiger charge is -2.22. The van der Waals surface area contributed by atoms with Crippen molar-refractivity contribution in [2.75, 3.05) is 26.4 Å². The molecule has 1 saturated carbocycles. The number of ether oxygens (including phenoxy) is 1. The molecule has 15 heavy (non-hydrogen) atoms. The first kappa shape index (κ1) is 12.9. The van der Waals surface area contributed by atoms with E-state index in [0.717, 1.165) is 31.4 Å². The van der Waals surface area contributed by atoms with Crippen molar-refractivity contribution in [2.24, 2.45) is 11.8 Å². The summed E-state index contributed by atoms with van der Waals surface area (Å²) in [6.07, 6.45) is 3.84. The van der Waals surface area contributed by atoms with Gasteiger partial charge in [0.1, 0.15) is 0 Å². The number of hydrogen-bond acceptors (Lipinski definition) is 3. The molecule has 3 nitrogen and oxygen atoms in total. The Hall–Kier alpha value is -0.120. The van der Waals surface area contributed by atoms with Gasteiger partial charge >= 0.3 is 0 Å². The van der Waals surface area contributed by atoms with Crippen molar-refractivity contribution in [3.05, 3.63) is 0 Å². The molecule has 0 spiro atoms. The highest BCUT2D eigenvalue weighted by Crippen LogP contribution is 2.35. The van der Waals surface area contributed by atoms with Crippen LogP contribution in [0.5, 0.6) is 0 Å². The van der Waals surface area contributed by atoms with Crippen molar-refractivity contribution in [1.29, 1.82) is 0 Å². The van der Waals surface area contributed by atoms with E-state index in [1.165, 1.54) is 12.8 Å². The Labute approximate surface area is 93.2 Å². The standard InChI is InChI=1S/C12H25NO2/c1-10(2)12(11-4-5-11)13-6-3-8-15-9-7-14/h10-14H,3-9H2,1-2H3. The number of hydrogen-bond donors (Lipinski definition) is 2. The Balaban J connectivity index is 1.97. The molecule has 0 aromatic heterocycles. The molecule has 3 heteroatoms. The van der Waals surface area contributed by atoms with Gasteiger partial charge in [-0.2, -0.15) is 0 Å². The molecule has 0 aliphatic heterocycles. The maximum absolute atomic E-state index is 8.52. The van der Waals surface area contributed by atoms with Crippen molar-refractivity contribution >= 4 is 0 Å². The number of aliphatic hydroxyl groups excluding tert-OH is 1. The second-order valence-electron chi connectivity index (χ2n) is 4.75. The molecule has 1 rings (SSSR count). The third-order valence-corrected chi connectivity index (χ3v) is 2.93. The molecule has 1 fully saturated rings. The summed E-state index contributed by atoms with van der Waals surface area (Å²) in [6, 6.07) is 0.697. The van der Waals surface area contributed by atoms with Crippen LogP contribution in [-0.2, 0) is 4.74 Å². The van der Waals surface area contributed by atoms with E-state index < -0.39 is 0 Å². The van der Waals surface area contributed by atoms with Crippen LogP contribution in [0.2, 0.25) is 0 Å². The largest absolute Gasteiger partial charge is 0.394 e. The number of rotatable bonds is 9. The molecule has 0 amide bonds. The zero-order chi connectivity index (χ0) is 11.1. The Morgan fingerprint density at radius 2 is 2.07 bits per heavy atom. The van der Waals surface area contributed by atoms with Gasteiger partial charge in [0.05, 0.1) is 13.2 Å². The quantitative estimate of drug-likeness (QED) is 0.571. The lowest BCUT2D eigenvalue weighted by atomic mass is 9.99. The Kier molecular flexibility index (Phi) is 6.22. The lowest BCUT2D eigenvalue weighted by molar-refractivity contribution is 0.0900. The molecular weight excluding hydrogens is 190 g/mol. The van der Waals surface area contributed by atoms with Gasteiger partial charge in [-0.3, -0.25) is 0 Å². The normalized spacial score (nSPS) is 18.4. The van der Waals surface area contributed by atoms with E-state index in [9.17, 15) is 0 Å². The molecule has 0 bridgehead atoms. The highest BCUT2D eigenvalue weighted by Gasteiger charge is 2.32. The summed E-state index contributed by atoms with van der Waals surface area (Å²) in [5.41, 5.74) is 0. The van der Waals surface area contributed by atoms with Crippen LogP contribution in [-0.4, -0.2) is 37.5 Å². The molecule has 0 radical (unpaired) electrons. The van der Waals surface area contributed by atoms with Crippen LogP contribution in [0.15, 0.2) is 0 Å². The monoisotopic (exact) mass is 215 g/mol. The minimum Gasteiger partial charge on any atom is -0.394 e. The van der Waals surface area contributed by atoms with Crippen LogP contribution in [0, 0.1) is 11.8 Å². The van der Waals surface area contributed by atoms with Crippen LogP contribution in [0.3, 0.4) is 0 Å². The van der Waals surface area contributed by atoms with Gasteiger partial charge in [-0.15, -0.1) is 0 Å². The van der Waals surface area contributed by atoms with Crippen LogP contribution in [0.1, 0.15) is 33.1 Å². The van der Waals surface area contributed by atoms with Crippen molar-refractivity contribution in [3.63, 3.8) is 0 Å². The van der Waals surface area contributed by atoms with Gasteiger partial charge in [0.2, 0.25) is 0 Å². The maximum Gasteiger partial charge on any atom is 0.0697 e. The van der Waals surface area contributed by atoms with Gasteiger partial charge in [0.15, 0.2) is 0 Å². The minimum atomic E-state index is 0.129. The fourth-order valence-corrected chi connectivity index (χ4v) is 2.01. The summed E-state index contributed by atoms with van der Waals surface area (Å²) in [5, 5.41) is 12.1. The molecule has 0 aromatic carbocycles. The first-order valence-corrected chi connectivity index (χ1v) is 6.17. The topological polar surface area (TPSA) is 41.5 Å². The minimum absolute atomic E-state index is 0.129.